The number of methoxy groups -OCH3 is 1. The Morgan fingerprint density at radius 3 is 2.76 bits per heavy atom. The van der Waals surface area contributed by atoms with Gasteiger partial charge in [0.15, 0.2) is 0 Å². The molecule has 182 valence electrons. The van der Waals surface area contributed by atoms with Crippen molar-refractivity contribution >= 4 is 17.7 Å². The number of hydrogen-bond acceptors (Lipinski definition) is 6. The van der Waals surface area contributed by atoms with Crippen LogP contribution >= 0.6 is 0 Å². The maximum atomic E-state index is 12.8. The molecule has 2 N–H and O–H groups in total. The van der Waals surface area contributed by atoms with Crippen LogP contribution in [-0.4, -0.2) is 58.6 Å². The van der Waals surface area contributed by atoms with Crippen LogP contribution in [0.4, 0.5) is 5.82 Å². The van der Waals surface area contributed by atoms with E-state index >= 15 is 0 Å². The number of amides is 1. The Morgan fingerprint density at radius 2 is 2.06 bits per heavy atom. The Balaban J connectivity index is 1.26. The number of ether oxygens (including phenoxy) is 1. The first-order valence-electron chi connectivity index (χ1n) is 12.2. The van der Waals surface area contributed by atoms with Crippen LogP contribution in [-0.2, 0) is 22.4 Å². The predicted octanol–water partition coefficient (Wildman–Crippen LogP) is 3.66. The van der Waals surface area contributed by atoms with E-state index in [0.717, 1.165) is 68.8 Å². The van der Waals surface area contributed by atoms with Gasteiger partial charge in [0.05, 0.1) is 13.5 Å². The van der Waals surface area contributed by atoms with Crippen LogP contribution in [0.15, 0.2) is 30.5 Å². The van der Waals surface area contributed by atoms with Gasteiger partial charge >= 0.3 is 5.97 Å². The van der Waals surface area contributed by atoms with E-state index in [2.05, 4.69) is 16.4 Å². The van der Waals surface area contributed by atoms with E-state index in [9.17, 15) is 14.7 Å². The molecular weight excluding hydrogens is 432 g/mol. The summed E-state index contributed by atoms with van der Waals surface area (Å²) in [4.78, 5) is 35.1. The van der Waals surface area contributed by atoms with Crippen molar-refractivity contribution in [2.24, 2.45) is 5.92 Å². The molecule has 1 amide bonds. The Kier molecular flexibility index (Phi) is 7.98. The van der Waals surface area contributed by atoms with Gasteiger partial charge in [-0.15, -0.1) is 0 Å². The monoisotopic (exact) mass is 466 g/mol. The molecule has 4 heterocycles. The third-order valence-electron chi connectivity index (χ3n) is 6.99. The molecular formula is C26H34N4O4. The molecule has 0 radical (unpaired) electrons. The van der Waals surface area contributed by atoms with E-state index < -0.39 is 5.97 Å². The van der Waals surface area contributed by atoms with E-state index in [1.165, 1.54) is 5.56 Å². The van der Waals surface area contributed by atoms with Gasteiger partial charge in [0.1, 0.15) is 5.82 Å². The average Bonchev–Trinajstić information content (AvgIpc) is 2.87. The molecule has 0 saturated carbocycles. The van der Waals surface area contributed by atoms with E-state index in [1.807, 2.05) is 17.0 Å². The highest BCUT2D eigenvalue weighted by Gasteiger charge is 2.27. The summed E-state index contributed by atoms with van der Waals surface area (Å²) in [6.45, 7) is 2.41. The molecule has 2 aliphatic heterocycles. The van der Waals surface area contributed by atoms with Crippen molar-refractivity contribution in [2.75, 3.05) is 32.1 Å². The number of fused-ring (bicyclic) bond motifs is 1. The van der Waals surface area contributed by atoms with Gasteiger partial charge < -0.3 is 20.1 Å². The number of pyridine rings is 2. The minimum atomic E-state index is -0.806. The highest BCUT2D eigenvalue weighted by molar-refractivity contribution is 5.76. The summed E-state index contributed by atoms with van der Waals surface area (Å²) < 4.78 is 5.11. The first-order valence-corrected chi connectivity index (χ1v) is 12.2. The maximum Gasteiger partial charge on any atom is 0.303 e. The molecule has 2 aromatic heterocycles. The average molecular weight is 467 g/mol. The smallest absolute Gasteiger partial charge is 0.303 e. The summed E-state index contributed by atoms with van der Waals surface area (Å²) in [7, 11) is 1.56. The molecule has 0 aliphatic carbocycles. The number of aromatic nitrogens is 2. The first-order chi connectivity index (χ1) is 16.5. The minimum Gasteiger partial charge on any atom is -0.481 e. The quantitative estimate of drug-likeness (QED) is 0.581. The Morgan fingerprint density at radius 1 is 1.24 bits per heavy atom. The fourth-order valence-electron chi connectivity index (χ4n) is 5.02. The van der Waals surface area contributed by atoms with Gasteiger partial charge in [-0.2, -0.15) is 0 Å². The number of hydrogen-bond donors (Lipinski definition) is 2. The fourth-order valence-corrected chi connectivity index (χ4v) is 5.02. The van der Waals surface area contributed by atoms with Gasteiger partial charge in [-0.3, -0.25) is 9.59 Å². The third kappa shape index (κ3) is 6.24. The van der Waals surface area contributed by atoms with Crippen molar-refractivity contribution in [2.45, 2.75) is 57.3 Å². The number of aryl methyl sites for hydroxylation is 2. The zero-order valence-corrected chi connectivity index (χ0v) is 19.8. The second-order valence-electron chi connectivity index (χ2n) is 9.33. The van der Waals surface area contributed by atoms with Gasteiger partial charge in [-0.1, -0.05) is 12.1 Å². The van der Waals surface area contributed by atoms with Gasteiger partial charge in [0, 0.05) is 44.0 Å². The van der Waals surface area contributed by atoms with Crippen LogP contribution in [0.3, 0.4) is 0 Å². The van der Waals surface area contributed by atoms with Crippen LogP contribution in [0.5, 0.6) is 5.88 Å². The molecule has 4 rings (SSSR count). The zero-order valence-electron chi connectivity index (χ0n) is 19.8. The molecule has 2 aliphatic rings. The summed E-state index contributed by atoms with van der Waals surface area (Å²) in [6, 6.07) is 7.86. The van der Waals surface area contributed by atoms with Gasteiger partial charge in [0.2, 0.25) is 11.8 Å². The summed E-state index contributed by atoms with van der Waals surface area (Å²) in [5.74, 6) is 1.16. The van der Waals surface area contributed by atoms with Crippen LogP contribution in [0, 0.1) is 5.92 Å². The number of nitrogens with zero attached hydrogens (tertiary/aromatic N) is 3. The van der Waals surface area contributed by atoms with Gasteiger partial charge in [-0.25, -0.2) is 9.97 Å². The van der Waals surface area contributed by atoms with Crippen molar-refractivity contribution in [3.05, 3.63) is 47.3 Å². The topological polar surface area (TPSA) is 105 Å². The van der Waals surface area contributed by atoms with Crippen LogP contribution in [0.25, 0.3) is 0 Å². The maximum absolute atomic E-state index is 12.8. The lowest BCUT2D eigenvalue weighted by Crippen LogP contribution is -2.39. The molecule has 1 saturated heterocycles. The predicted molar refractivity (Wildman–Crippen MR) is 129 cm³/mol. The molecule has 0 unspecified atom stereocenters. The Hall–Kier alpha value is -3.16. The molecule has 1 fully saturated rings. The minimum absolute atomic E-state index is 0.0792. The standard InChI is InChI=1S/C26H34N4O4/c1-34-23-8-5-20(17-28-23)21(16-25(32)33)15-18-10-13-30(14-11-18)24(31)9-7-22-6-4-19-3-2-12-27-26(19)29-22/h4-6,8,17-18,21H,2-3,7,9-16H2,1H3,(H,27,29)(H,32,33)/t21-/m1/s1. The largest absolute Gasteiger partial charge is 0.481 e. The number of carbonyl (C=O) groups is 2. The highest BCUT2D eigenvalue weighted by atomic mass is 16.5. The Labute approximate surface area is 200 Å². The Bertz CT molecular complexity index is 987. The third-order valence-corrected chi connectivity index (χ3v) is 6.99. The van der Waals surface area contributed by atoms with Gasteiger partial charge in [-0.05, 0) is 67.6 Å². The molecule has 0 bridgehead atoms. The number of carboxylic acids is 1. The van der Waals surface area contributed by atoms with Crippen LogP contribution < -0.4 is 10.1 Å². The second-order valence-corrected chi connectivity index (χ2v) is 9.33. The lowest BCUT2D eigenvalue weighted by atomic mass is 9.82. The van der Waals surface area contributed by atoms with E-state index in [0.29, 0.717) is 24.6 Å². The number of carboxylic acid groups (broad SMARTS) is 1. The summed E-state index contributed by atoms with van der Waals surface area (Å²) in [5, 5.41) is 12.8. The lowest BCUT2D eigenvalue weighted by Gasteiger charge is -2.33. The fraction of sp³-hybridized carbons (Fsp3) is 0.538. The van der Waals surface area contributed by atoms with Crippen LogP contribution in [0.1, 0.15) is 61.3 Å². The van der Waals surface area contributed by atoms with Crippen molar-refractivity contribution in [3.63, 3.8) is 0 Å². The van der Waals surface area contributed by atoms with Gasteiger partial charge in [0.25, 0.3) is 0 Å². The summed E-state index contributed by atoms with van der Waals surface area (Å²) >= 11 is 0. The SMILES string of the molecule is COc1ccc([C@@H](CC(=O)O)CC2CCN(C(=O)CCc3ccc4c(n3)NCCC4)CC2)cn1. The van der Waals surface area contributed by atoms with Crippen molar-refractivity contribution in [3.8, 4) is 5.88 Å². The summed E-state index contributed by atoms with van der Waals surface area (Å²) in [6.07, 6.45) is 7.69. The molecule has 34 heavy (non-hydrogen) atoms. The van der Waals surface area contributed by atoms with Crippen LogP contribution in [0.2, 0.25) is 0 Å². The first kappa shape index (κ1) is 24.0. The number of likely N-dealkylation sites (tertiary alicyclic amines) is 1. The number of nitrogens with one attached hydrogen (secondary N) is 1. The van der Waals surface area contributed by atoms with E-state index in [-0.39, 0.29) is 18.2 Å². The van der Waals surface area contributed by atoms with Crippen molar-refractivity contribution < 1.29 is 19.4 Å². The zero-order chi connectivity index (χ0) is 23.9. The summed E-state index contributed by atoms with van der Waals surface area (Å²) in [5.41, 5.74) is 3.14. The number of aliphatic carboxylic acids is 1. The number of anilines is 1. The molecule has 0 spiro atoms. The molecule has 0 aromatic carbocycles. The molecule has 8 heteroatoms. The van der Waals surface area contributed by atoms with Crippen molar-refractivity contribution in [1.29, 1.82) is 0 Å². The molecule has 2 aromatic rings. The molecule has 1 atom stereocenters. The second kappa shape index (κ2) is 11.3. The highest BCUT2D eigenvalue weighted by Crippen LogP contribution is 2.33. The lowest BCUT2D eigenvalue weighted by molar-refractivity contribution is -0.137. The number of carbonyl (C=O) groups excluding carboxylic acids is 1. The normalized spacial score (nSPS) is 16.9. The van der Waals surface area contributed by atoms with E-state index in [4.69, 9.17) is 9.72 Å². The number of rotatable bonds is 9. The number of piperidine rings is 1. The van der Waals surface area contributed by atoms with Crippen molar-refractivity contribution in [1.82, 2.24) is 14.9 Å². The van der Waals surface area contributed by atoms with E-state index in [1.54, 1.807) is 19.4 Å². The molecule has 8 nitrogen and oxygen atoms in total.